The van der Waals surface area contributed by atoms with Gasteiger partial charge in [0.2, 0.25) is 0 Å². The summed E-state index contributed by atoms with van der Waals surface area (Å²) in [5, 5.41) is 5.03. The third kappa shape index (κ3) is 2.80. The van der Waals surface area contributed by atoms with Crippen LogP contribution in [0.3, 0.4) is 0 Å². The van der Waals surface area contributed by atoms with E-state index in [4.69, 9.17) is 16.3 Å². The van der Waals surface area contributed by atoms with Crippen LogP contribution in [0.25, 0.3) is 5.69 Å². The Hall–Kier alpha value is -1.84. The zero-order chi connectivity index (χ0) is 15.0. The Labute approximate surface area is 129 Å². The van der Waals surface area contributed by atoms with Gasteiger partial charge in [0.05, 0.1) is 5.02 Å². The molecular weight excluding hydrogens is 315 g/mol. The topological polar surface area (TPSA) is 44.1 Å². The van der Waals surface area contributed by atoms with Crippen molar-refractivity contribution in [3.63, 3.8) is 0 Å². The molecule has 4 nitrogen and oxygen atoms in total. The lowest BCUT2D eigenvalue weighted by molar-refractivity contribution is 0.514. The highest BCUT2D eigenvalue weighted by Gasteiger charge is 2.28. The summed E-state index contributed by atoms with van der Waals surface area (Å²) in [4.78, 5) is 11.7. The minimum absolute atomic E-state index is 0.0143. The summed E-state index contributed by atoms with van der Waals surface area (Å²) in [6.45, 7) is 1.60. The highest BCUT2D eigenvalue weighted by atomic mass is 35.5. The van der Waals surface area contributed by atoms with Gasteiger partial charge in [-0.25, -0.2) is 4.39 Å². The molecule has 0 aliphatic heterocycles. The third-order valence-electron chi connectivity index (χ3n) is 2.98. The predicted octanol–water partition coefficient (Wildman–Crippen LogP) is 3.32. The monoisotopic (exact) mass is 324 g/mol. The molecule has 7 heteroatoms. The maximum atomic E-state index is 14.1. The maximum absolute atomic E-state index is 14.1. The van der Waals surface area contributed by atoms with Crippen molar-refractivity contribution in [2.75, 3.05) is 0 Å². The number of ether oxygens (including phenoxy) is 1. The molecule has 0 amide bonds. The number of nitrogens with zero attached hydrogens (tertiary/aromatic N) is 2. The van der Waals surface area contributed by atoms with Crippen LogP contribution in [-0.2, 0) is 0 Å². The lowest BCUT2D eigenvalue weighted by atomic mass is 10.3. The summed E-state index contributed by atoms with van der Waals surface area (Å²) in [5.74, 6) is 2.44. The molecule has 0 spiro atoms. The second kappa shape index (κ2) is 5.51. The molecule has 0 radical (unpaired) electrons. The van der Waals surface area contributed by atoms with E-state index in [0.29, 0.717) is 5.92 Å². The van der Waals surface area contributed by atoms with Gasteiger partial charge < -0.3 is 4.74 Å². The highest BCUT2D eigenvalue weighted by molar-refractivity contribution is 7.09. The second-order valence-electron chi connectivity index (χ2n) is 4.58. The van der Waals surface area contributed by atoms with Crippen LogP contribution in [0.4, 0.5) is 4.39 Å². The van der Waals surface area contributed by atoms with Crippen molar-refractivity contribution in [1.29, 1.82) is 0 Å². The first-order valence-electron chi connectivity index (χ1n) is 6.28. The molecule has 0 bridgehead atoms. The van der Waals surface area contributed by atoms with E-state index in [1.807, 2.05) is 0 Å². The number of hydrogen-bond donors (Lipinski definition) is 0. The molecule has 0 unspecified atom stereocenters. The average molecular weight is 325 g/mol. The first-order chi connectivity index (χ1) is 10.1. The predicted molar refractivity (Wildman–Crippen MR) is 78.7 cm³/mol. The molecule has 3 rings (SSSR count). The Morgan fingerprint density at radius 1 is 1.52 bits per heavy atom. The maximum Gasteiger partial charge on any atom is 0.329 e. The van der Waals surface area contributed by atoms with E-state index in [1.54, 1.807) is 6.92 Å². The van der Waals surface area contributed by atoms with Crippen molar-refractivity contribution >= 4 is 22.9 Å². The number of hydrogen-bond acceptors (Lipinski definition) is 4. The molecule has 0 atom stereocenters. The van der Waals surface area contributed by atoms with Gasteiger partial charge in [0, 0.05) is 18.9 Å². The zero-order valence-electron chi connectivity index (χ0n) is 11.0. The number of halogens is 2. The number of rotatable bonds is 3. The van der Waals surface area contributed by atoms with Gasteiger partial charge >= 0.3 is 4.87 Å². The molecule has 1 heterocycles. The molecule has 108 valence electrons. The summed E-state index contributed by atoms with van der Waals surface area (Å²) >= 11 is 6.94. The molecular formula is C14H10ClFN2O2S. The summed E-state index contributed by atoms with van der Waals surface area (Å²) in [5.41, 5.74) is 0.0143. The Morgan fingerprint density at radius 3 is 2.95 bits per heavy atom. The van der Waals surface area contributed by atoms with Crippen LogP contribution in [0.1, 0.15) is 30.7 Å². The smallest absolute Gasteiger partial charge is 0.329 e. The zero-order valence-corrected chi connectivity index (χ0v) is 12.6. The molecule has 1 aliphatic rings. The fourth-order valence-electron chi connectivity index (χ4n) is 1.80. The summed E-state index contributed by atoms with van der Waals surface area (Å²) in [6, 6.07) is 2.42. The fourth-order valence-corrected chi connectivity index (χ4v) is 2.92. The molecule has 1 aromatic heterocycles. The van der Waals surface area contributed by atoms with Gasteiger partial charge in [-0.3, -0.25) is 4.79 Å². The third-order valence-corrected chi connectivity index (χ3v) is 4.25. The average Bonchev–Trinajstić information content (AvgIpc) is 3.22. The summed E-state index contributed by atoms with van der Waals surface area (Å²) in [6.07, 6.45) is 4.44. The summed E-state index contributed by atoms with van der Waals surface area (Å²) < 4.78 is 20.2. The molecule has 1 fully saturated rings. The minimum Gasteiger partial charge on any atom is -0.406 e. The minimum atomic E-state index is -0.633. The van der Waals surface area contributed by atoms with E-state index < -0.39 is 5.82 Å². The second-order valence-corrected chi connectivity index (χ2v) is 5.96. The standard InChI is InChI=1S/C14H10ClFN2O2S/c1-2-5-20-12-7-11(10(16)6-9(12)15)18-14(19)21-13(17-18)8-3-4-8/h6-8H,3-4H2,1H3. The van der Waals surface area contributed by atoms with Crippen LogP contribution in [0.15, 0.2) is 16.9 Å². The molecule has 2 aromatic rings. The molecule has 0 N–H and O–H groups in total. The van der Waals surface area contributed by atoms with Crippen LogP contribution in [0, 0.1) is 17.8 Å². The fraction of sp³-hybridized carbons (Fsp3) is 0.286. The van der Waals surface area contributed by atoms with Crippen molar-refractivity contribution in [2.24, 2.45) is 0 Å². The van der Waals surface area contributed by atoms with Gasteiger partial charge in [0.25, 0.3) is 0 Å². The van der Waals surface area contributed by atoms with Crippen molar-refractivity contribution in [3.05, 3.63) is 37.6 Å². The summed E-state index contributed by atoms with van der Waals surface area (Å²) in [7, 11) is 0. The van der Waals surface area contributed by atoms with Crippen LogP contribution in [-0.4, -0.2) is 9.78 Å². The largest absolute Gasteiger partial charge is 0.406 e. The Bertz CT molecular complexity index is 815. The molecule has 21 heavy (non-hydrogen) atoms. The molecule has 0 saturated heterocycles. The van der Waals surface area contributed by atoms with Gasteiger partial charge in [0.1, 0.15) is 16.8 Å². The van der Waals surface area contributed by atoms with Crippen molar-refractivity contribution in [3.8, 4) is 23.5 Å². The van der Waals surface area contributed by atoms with E-state index in [2.05, 4.69) is 17.1 Å². The first-order valence-corrected chi connectivity index (χ1v) is 7.47. The van der Waals surface area contributed by atoms with Gasteiger partial charge in [-0.2, -0.15) is 9.78 Å². The lowest BCUT2D eigenvalue weighted by Crippen LogP contribution is -2.14. The van der Waals surface area contributed by atoms with Gasteiger partial charge in [-0.05, 0) is 18.9 Å². The van der Waals surface area contributed by atoms with Crippen molar-refractivity contribution in [2.45, 2.75) is 25.7 Å². The normalized spacial score (nSPS) is 13.7. The molecule has 1 aliphatic carbocycles. The SMILES string of the molecule is CC#COc1cc(-n2nc(C3CC3)sc2=O)c(F)cc1Cl. The van der Waals surface area contributed by atoms with E-state index in [9.17, 15) is 9.18 Å². The number of aromatic nitrogens is 2. The van der Waals surface area contributed by atoms with Gasteiger partial charge in [-0.15, -0.1) is 0 Å². The highest BCUT2D eigenvalue weighted by Crippen LogP contribution is 2.40. The molecule has 1 saturated carbocycles. The number of benzene rings is 1. The van der Waals surface area contributed by atoms with Gasteiger partial charge in [-0.1, -0.05) is 28.9 Å². The van der Waals surface area contributed by atoms with Gasteiger partial charge in [0.15, 0.2) is 11.6 Å². The van der Waals surface area contributed by atoms with Crippen LogP contribution < -0.4 is 9.61 Å². The van der Waals surface area contributed by atoms with E-state index in [0.717, 1.165) is 39.9 Å². The lowest BCUT2D eigenvalue weighted by Gasteiger charge is -2.06. The van der Waals surface area contributed by atoms with Crippen LogP contribution in [0.2, 0.25) is 5.02 Å². The Kier molecular flexibility index (Phi) is 3.70. The van der Waals surface area contributed by atoms with E-state index >= 15 is 0 Å². The molecule has 1 aromatic carbocycles. The van der Waals surface area contributed by atoms with Crippen LogP contribution in [0.5, 0.6) is 5.75 Å². The van der Waals surface area contributed by atoms with E-state index in [-0.39, 0.29) is 21.3 Å². The Balaban J connectivity index is 2.07. The van der Waals surface area contributed by atoms with Crippen molar-refractivity contribution in [1.82, 2.24) is 9.78 Å². The van der Waals surface area contributed by atoms with Crippen LogP contribution >= 0.6 is 22.9 Å². The Morgan fingerprint density at radius 2 is 2.29 bits per heavy atom. The quantitative estimate of drug-likeness (QED) is 0.813. The van der Waals surface area contributed by atoms with E-state index in [1.165, 1.54) is 6.07 Å². The first kappa shape index (κ1) is 14.1. The van der Waals surface area contributed by atoms with Crippen molar-refractivity contribution < 1.29 is 9.13 Å².